The molecule has 0 fully saturated rings. The van der Waals surface area contributed by atoms with Crippen molar-refractivity contribution < 1.29 is 14.7 Å². The highest BCUT2D eigenvalue weighted by Crippen LogP contribution is 2.33. The second-order valence-electron chi connectivity index (χ2n) is 5.43. The van der Waals surface area contributed by atoms with Crippen LogP contribution in [0.15, 0.2) is 72.8 Å². The molecule has 0 heterocycles. The van der Waals surface area contributed by atoms with Crippen LogP contribution in [0.2, 0.25) is 5.02 Å². The highest BCUT2D eigenvalue weighted by molar-refractivity contribution is 6.33. The molecular formula is C20H16ClNO3. The van der Waals surface area contributed by atoms with Crippen LogP contribution in [0.25, 0.3) is 11.1 Å². The third-order valence-electron chi connectivity index (χ3n) is 3.66. The van der Waals surface area contributed by atoms with Crippen LogP contribution in [0.5, 0.6) is 5.75 Å². The van der Waals surface area contributed by atoms with Gasteiger partial charge in [-0.15, -0.1) is 0 Å². The number of carbonyl (C=O) groups is 1. The third-order valence-corrected chi connectivity index (χ3v) is 3.95. The van der Waals surface area contributed by atoms with E-state index in [1.165, 1.54) is 0 Å². The number of phenols is 1. The summed E-state index contributed by atoms with van der Waals surface area (Å²) in [5, 5.41) is 10.2. The first kappa shape index (κ1) is 17.0. The zero-order valence-electron chi connectivity index (χ0n) is 13.3. The molecule has 3 rings (SSSR count). The van der Waals surface area contributed by atoms with E-state index in [1.807, 2.05) is 60.7 Å². The number of halogens is 1. The summed E-state index contributed by atoms with van der Waals surface area (Å²) in [7, 11) is 0. The van der Waals surface area contributed by atoms with Crippen molar-refractivity contribution >= 4 is 17.5 Å². The summed E-state index contributed by atoms with van der Waals surface area (Å²) < 4.78 is 0. The average molecular weight is 354 g/mol. The standard InChI is InChI=1S/C20H16ClNO3/c21-18-12-16(15-9-5-2-6-10-15)11-17(19(18)23)20(24)22-25-13-14-7-3-1-4-8-14/h1-12,23H,13H2,(H,22,24). The molecule has 0 radical (unpaired) electrons. The Morgan fingerprint density at radius 1 is 0.960 bits per heavy atom. The highest BCUT2D eigenvalue weighted by atomic mass is 35.5. The summed E-state index contributed by atoms with van der Waals surface area (Å²) in [5.41, 5.74) is 4.94. The lowest BCUT2D eigenvalue weighted by Gasteiger charge is -2.11. The van der Waals surface area contributed by atoms with Gasteiger partial charge in [0.15, 0.2) is 0 Å². The lowest BCUT2D eigenvalue weighted by Crippen LogP contribution is -2.23. The predicted octanol–water partition coefficient (Wildman–Crippen LogP) is 4.57. The highest BCUT2D eigenvalue weighted by Gasteiger charge is 2.16. The molecule has 0 unspecified atom stereocenters. The van der Waals surface area contributed by atoms with E-state index >= 15 is 0 Å². The second-order valence-corrected chi connectivity index (χ2v) is 5.83. The van der Waals surface area contributed by atoms with Gasteiger partial charge in [-0.05, 0) is 28.8 Å². The maximum absolute atomic E-state index is 12.3. The van der Waals surface area contributed by atoms with E-state index in [0.717, 1.165) is 16.7 Å². The van der Waals surface area contributed by atoms with Gasteiger partial charge in [0.1, 0.15) is 5.75 Å². The number of nitrogens with one attached hydrogen (secondary N) is 1. The Labute approximate surface area is 150 Å². The van der Waals surface area contributed by atoms with Crippen LogP contribution in [0, 0.1) is 0 Å². The number of rotatable bonds is 5. The lowest BCUT2D eigenvalue weighted by molar-refractivity contribution is 0.0231. The van der Waals surface area contributed by atoms with E-state index in [4.69, 9.17) is 16.4 Å². The molecule has 1 amide bonds. The van der Waals surface area contributed by atoms with Gasteiger partial charge < -0.3 is 5.11 Å². The quantitative estimate of drug-likeness (QED) is 0.660. The minimum Gasteiger partial charge on any atom is -0.506 e. The monoisotopic (exact) mass is 353 g/mol. The molecule has 0 atom stereocenters. The van der Waals surface area contributed by atoms with Crippen LogP contribution in [0.3, 0.4) is 0 Å². The van der Waals surface area contributed by atoms with Crippen molar-refractivity contribution in [3.8, 4) is 16.9 Å². The normalized spacial score (nSPS) is 10.4. The summed E-state index contributed by atoms with van der Waals surface area (Å²) in [6, 6.07) is 22.1. The Bertz CT molecular complexity index is 867. The number of carbonyl (C=O) groups excluding carboxylic acids is 1. The fourth-order valence-electron chi connectivity index (χ4n) is 2.38. The van der Waals surface area contributed by atoms with Gasteiger partial charge in [-0.25, -0.2) is 5.48 Å². The van der Waals surface area contributed by atoms with Gasteiger partial charge >= 0.3 is 0 Å². The molecule has 126 valence electrons. The van der Waals surface area contributed by atoms with Gasteiger partial charge in [-0.2, -0.15) is 0 Å². The van der Waals surface area contributed by atoms with Gasteiger partial charge in [-0.3, -0.25) is 9.63 Å². The molecule has 3 aromatic rings. The number of aromatic hydroxyl groups is 1. The van der Waals surface area contributed by atoms with Crippen LogP contribution in [0.1, 0.15) is 15.9 Å². The number of hydrogen-bond donors (Lipinski definition) is 2. The Morgan fingerprint density at radius 3 is 2.28 bits per heavy atom. The molecule has 0 aliphatic rings. The molecule has 3 aromatic carbocycles. The average Bonchev–Trinajstić information content (AvgIpc) is 2.65. The molecule has 0 saturated heterocycles. The van der Waals surface area contributed by atoms with E-state index in [2.05, 4.69) is 5.48 Å². The summed E-state index contributed by atoms with van der Waals surface area (Å²) in [5.74, 6) is -0.838. The van der Waals surface area contributed by atoms with E-state index in [-0.39, 0.29) is 22.9 Å². The molecule has 0 aliphatic heterocycles. The fraction of sp³-hybridized carbons (Fsp3) is 0.0500. The first-order chi connectivity index (χ1) is 12.1. The van der Waals surface area contributed by atoms with Crippen molar-refractivity contribution in [2.24, 2.45) is 0 Å². The van der Waals surface area contributed by atoms with Crippen molar-refractivity contribution in [2.45, 2.75) is 6.61 Å². The molecule has 0 aromatic heterocycles. The molecule has 25 heavy (non-hydrogen) atoms. The summed E-state index contributed by atoms with van der Waals surface area (Å²) in [4.78, 5) is 17.6. The summed E-state index contributed by atoms with van der Waals surface area (Å²) in [6.07, 6.45) is 0. The smallest absolute Gasteiger partial charge is 0.278 e. The maximum atomic E-state index is 12.3. The Kier molecular flexibility index (Phi) is 5.33. The van der Waals surface area contributed by atoms with E-state index in [1.54, 1.807) is 12.1 Å². The van der Waals surface area contributed by atoms with Gasteiger partial charge in [0.2, 0.25) is 0 Å². The fourth-order valence-corrected chi connectivity index (χ4v) is 2.60. The first-order valence-corrected chi connectivity index (χ1v) is 8.07. The molecule has 4 nitrogen and oxygen atoms in total. The first-order valence-electron chi connectivity index (χ1n) is 7.69. The van der Waals surface area contributed by atoms with Crippen LogP contribution < -0.4 is 5.48 Å². The molecule has 0 saturated carbocycles. The number of phenolic OH excluding ortho intramolecular Hbond substituents is 1. The van der Waals surface area contributed by atoms with Gasteiger partial charge in [0.05, 0.1) is 17.2 Å². The maximum Gasteiger partial charge on any atom is 0.278 e. The minimum atomic E-state index is -0.562. The van der Waals surface area contributed by atoms with Crippen molar-refractivity contribution in [1.29, 1.82) is 0 Å². The second kappa shape index (κ2) is 7.83. The van der Waals surface area contributed by atoms with Crippen LogP contribution in [-0.4, -0.2) is 11.0 Å². The van der Waals surface area contributed by atoms with Crippen molar-refractivity contribution in [3.05, 3.63) is 88.9 Å². The Balaban J connectivity index is 1.76. The number of benzene rings is 3. The molecule has 0 bridgehead atoms. The summed E-state index contributed by atoms with van der Waals surface area (Å²) >= 11 is 6.07. The van der Waals surface area contributed by atoms with Crippen molar-refractivity contribution in [1.82, 2.24) is 5.48 Å². The Morgan fingerprint density at radius 2 is 1.60 bits per heavy atom. The zero-order chi connectivity index (χ0) is 17.6. The number of hydroxylamine groups is 1. The largest absolute Gasteiger partial charge is 0.506 e. The number of amides is 1. The molecule has 2 N–H and O–H groups in total. The van der Waals surface area contributed by atoms with E-state index in [9.17, 15) is 9.90 Å². The van der Waals surface area contributed by atoms with Crippen LogP contribution in [-0.2, 0) is 11.4 Å². The topological polar surface area (TPSA) is 58.6 Å². The number of hydrogen-bond acceptors (Lipinski definition) is 3. The predicted molar refractivity (Wildman–Crippen MR) is 97.3 cm³/mol. The SMILES string of the molecule is O=C(NOCc1ccccc1)c1cc(-c2ccccc2)cc(Cl)c1O. The Hall–Kier alpha value is -2.82. The van der Waals surface area contributed by atoms with E-state index < -0.39 is 5.91 Å². The van der Waals surface area contributed by atoms with Crippen LogP contribution in [0.4, 0.5) is 0 Å². The lowest BCUT2D eigenvalue weighted by atomic mass is 10.0. The van der Waals surface area contributed by atoms with E-state index in [0.29, 0.717) is 0 Å². The van der Waals surface area contributed by atoms with Gasteiger partial charge in [-0.1, -0.05) is 72.3 Å². The van der Waals surface area contributed by atoms with Crippen molar-refractivity contribution in [3.63, 3.8) is 0 Å². The molecule has 0 aliphatic carbocycles. The third kappa shape index (κ3) is 4.18. The molecule has 0 spiro atoms. The summed E-state index contributed by atoms with van der Waals surface area (Å²) in [6.45, 7) is 0.222. The molecular weight excluding hydrogens is 338 g/mol. The van der Waals surface area contributed by atoms with Crippen LogP contribution >= 0.6 is 11.6 Å². The zero-order valence-corrected chi connectivity index (χ0v) is 14.0. The van der Waals surface area contributed by atoms with Gasteiger partial charge in [0, 0.05) is 0 Å². The van der Waals surface area contributed by atoms with Crippen molar-refractivity contribution in [2.75, 3.05) is 0 Å². The minimum absolute atomic E-state index is 0.0550. The van der Waals surface area contributed by atoms with Gasteiger partial charge in [0.25, 0.3) is 5.91 Å². The molecule has 5 heteroatoms.